The first kappa shape index (κ1) is 18.8. The minimum Gasteiger partial charge on any atom is -0.355 e. The molecule has 1 N–H and O–H groups in total. The molecule has 0 aromatic carbocycles. The quantitative estimate of drug-likeness (QED) is 0.820. The molecule has 0 atom stereocenters. The van der Waals surface area contributed by atoms with Crippen LogP contribution in [-0.4, -0.2) is 59.4 Å². The highest BCUT2D eigenvalue weighted by molar-refractivity contribution is 5.84. The molecule has 29 heavy (non-hydrogen) atoms. The Morgan fingerprint density at radius 2 is 1.55 bits per heavy atom. The van der Waals surface area contributed by atoms with Crippen molar-refractivity contribution in [2.45, 2.75) is 44.9 Å². The van der Waals surface area contributed by atoms with E-state index in [1.807, 2.05) is 4.90 Å². The van der Waals surface area contributed by atoms with E-state index < -0.39 is 0 Å². The van der Waals surface area contributed by atoms with Gasteiger partial charge in [0, 0.05) is 57.0 Å². The Balaban J connectivity index is 1.08. The van der Waals surface area contributed by atoms with Gasteiger partial charge in [0.25, 0.3) is 0 Å². The van der Waals surface area contributed by atoms with Gasteiger partial charge in [-0.15, -0.1) is 0 Å². The highest BCUT2D eigenvalue weighted by Gasteiger charge is 2.54. The van der Waals surface area contributed by atoms with E-state index in [-0.39, 0.29) is 17.2 Å². The van der Waals surface area contributed by atoms with E-state index in [2.05, 4.69) is 20.2 Å². The normalized spacial score (nSPS) is 33.0. The van der Waals surface area contributed by atoms with Crippen molar-refractivity contribution >= 4 is 17.8 Å². The van der Waals surface area contributed by atoms with Gasteiger partial charge in [-0.3, -0.25) is 9.59 Å². The van der Waals surface area contributed by atoms with Crippen LogP contribution in [0.1, 0.15) is 44.9 Å². The fourth-order valence-corrected chi connectivity index (χ4v) is 6.63. The molecule has 1 aromatic rings. The molecule has 2 heterocycles. The Bertz CT molecular complexity index is 724. The predicted molar refractivity (Wildman–Crippen MR) is 109 cm³/mol. The van der Waals surface area contributed by atoms with Gasteiger partial charge in [0.15, 0.2) is 0 Å². The summed E-state index contributed by atoms with van der Waals surface area (Å²) in [6.45, 7) is 3.31. The van der Waals surface area contributed by atoms with Crippen molar-refractivity contribution in [2.24, 2.45) is 23.2 Å². The van der Waals surface area contributed by atoms with Gasteiger partial charge in [0.2, 0.25) is 17.8 Å². The Morgan fingerprint density at radius 3 is 2.14 bits per heavy atom. The molecule has 156 valence electrons. The van der Waals surface area contributed by atoms with Gasteiger partial charge >= 0.3 is 0 Å². The smallest absolute Gasteiger partial charge is 0.226 e. The summed E-state index contributed by atoms with van der Waals surface area (Å²) in [4.78, 5) is 38.2. The third-order valence-corrected chi connectivity index (χ3v) is 7.61. The average molecular weight is 398 g/mol. The Hall–Kier alpha value is -2.18. The first-order chi connectivity index (χ1) is 14.1. The Morgan fingerprint density at radius 1 is 0.966 bits per heavy atom. The standard InChI is InChI=1S/C22H31N5O2/c28-19(26-6-8-27(9-7-26)21-24-3-1-4-25-21)2-5-23-20(29)22-13-16-10-17(14-22)12-18(11-16)15-22/h1,3-4,16-18H,2,5-15H2,(H,23,29). The molecule has 1 saturated heterocycles. The lowest BCUT2D eigenvalue weighted by Crippen LogP contribution is -2.54. The van der Waals surface area contributed by atoms with Crippen molar-refractivity contribution in [1.29, 1.82) is 0 Å². The second kappa shape index (κ2) is 7.58. The maximum atomic E-state index is 13.0. The fraction of sp³-hybridized carbons (Fsp3) is 0.727. The van der Waals surface area contributed by atoms with Gasteiger partial charge in [-0.25, -0.2) is 9.97 Å². The summed E-state index contributed by atoms with van der Waals surface area (Å²) in [5, 5.41) is 3.13. The fourth-order valence-electron chi connectivity index (χ4n) is 6.63. The van der Waals surface area contributed by atoms with Crippen LogP contribution in [0.2, 0.25) is 0 Å². The lowest BCUT2D eigenvalue weighted by atomic mass is 9.49. The van der Waals surface area contributed by atoms with E-state index in [0.717, 1.165) is 56.1 Å². The molecule has 0 spiro atoms. The molecule has 7 heteroatoms. The van der Waals surface area contributed by atoms with Gasteiger partial charge in [0.05, 0.1) is 0 Å². The first-order valence-corrected chi connectivity index (χ1v) is 11.2. The molecule has 1 aromatic heterocycles. The third-order valence-electron chi connectivity index (χ3n) is 7.61. The lowest BCUT2D eigenvalue weighted by molar-refractivity contribution is -0.146. The van der Waals surface area contributed by atoms with Crippen LogP contribution >= 0.6 is 0 Å². The minimum absolute atomic E-state index is 0.126. The topological polar surface area (TPSA) is 78.4 Å². The molecule has 4 saturated carbocycles. The van der Waals surface area contributed by atoms with Crippen LogP contribution in [0.15, 0.2) is 18.5 Å². The Kier molecular flexibility index (Phi) is 4.92. The maximum absolute atomic E-state index is 13.0. The molecule has 1 aliphatic heterocycles. The second-order valence-electron chi connectivity index (χ2n) is 9.62. The van der Waals surface area contributed by atoms with E-state index >= 15 is 0 Å². The summed E-state index contributed by atoms with van der Waals surface area (Å²) in [5.41, 5.74) is -0.126. The van der Waals surface area contributed by atoms with Crippen LogP contribution in [0, 0.1) is 23.2 Å². The van der Waals surface area contributed by atoms with Gasteiger partial charge in [-0.1, -0.05) is 0 Å². The number of nitrogens with zero attached hydrogens (tertiary/aromatic N) is 4. The molecule has 6 rings (SSSR count). The van der Waals surface area contributed by atoms with Crippen LogP contribution < -0.4 is 10.2 Å². The van der Waals surface area contributed by atoms with E-state index in [4.69, 9.17) is 0 Å². The molecule has 0 unspecified atom stereocenters. The van der Waals surface area contributed by atoms with Crippen LogP contribution in [0.3, 0.4) is 0 Å². The van der Waals surface area contributed by atoms with Crippen molar-refractivity contribution in [3.05, 3.63) is 18.5 Å². The third kappa shape index (κ3) is 3.71. The molecule has 7 nitrogen and oxygen atoms in total. The van der Waals surface area contributed by atoms with E-state index in [0.29, 0.717) is 26.1 Å². The maximum Gasteiger partial charge on any atom is 0.226 e. The van der Waals surface area contributed by atoms with Crippen molar-refractivity contribution < 1.29 is 9.59 Å². The highest BCUT2D eigenvalue weighted by Crippen LogP contribution is 2.60. The van der Waals surface area contributed by atoms with Gasteiger partial charge < -0.3 is 15.1 Å². The van der Waals surface area contributed by atoms with Crippen LogP contribution in [-0.2, 0) is 9.59 Å². The lowest BCUT2D eigenvalue weighted by Gasteiger charge is -2.55. The number of rotatable bonds is 5. The second-order valence-corrected chi connectivity index (χ2v) is 9.62. The van der Waals surface area contributed by atoms with Gasteiger partial charge in [-0.2, -0.15) is 0 Å². The largest absolute Gasteiger partial charge is 0.355 e. The number of anilines is 1. The molecule has 4 aliphatic carbocycles. The molecule has 5 fully saturated rings. The van der Waals surface area contributed by atoms with Gasteiger partial charge in [0.1, 0.15) is 0 Å². The number of aromatic nitrogens is 2. The molecule has 0 radical (unpaired) electrons. The molecular formula is C22H31N5O2. The zero-order valence-corrected chi connectivity index (χ0v) is 17.1. The number of carbonyl (C=O) groups is 2. The summed E-state index contributed by atoms with van der Waals surface area (Å²) < 4.78 is 0. The first-order valence-electron chi connectivity index (χ1n) is 11.2. The number of carbonyl (C=O) groups excluding carboxylic acids is 2. The van der Waals surface area contributed by atoms with Crippen molar-refractivity contribution in [2.75, 3.05) is 37.6 Å². The van der Waals surface area contributed by atoms with Crippen molar-refractivity contribution in [3.63, 3.8) is 0 Å². The summed E-state index contributed by atoms with van der Waals surface area (Å²) >= 11 is 0. The monoisotopic (exact) mass is 397 g/mol. The van der Waals surface area contributed by atoms with Gasteiger partial charge in [-0.05, 0) is 62.3 Å². The number of nitrogens with one attached hydrogen (secondary N) is 1. The van der Waals surface area contributed by atoms with E-state index in [9.17, 15) is 9.59 Å². The minimum atomic E-state index is -0.126. The molecular weight excluding hydrogens is 366 g/mol. The number of piperazine rings is 1. The average Bonchev–Trinajstić information content (AvgIpc) is 2.73. The summed E-state index contributed by atoms with van der Waals surface area (Å²) in [6.07, 6.45) is 11.1. The SMILES string of the molecule is O=C(CCNC(=O)C12CC3CC(CC(C3)C1)C2)N1CCN(c2ncccn2)CC1. The van der Waals surface area contributed by atoms with Crippen LogP contribution in [0.4, 0.5) is 5.95 Å². The molecule has 5 aliphatic rings. The summed E-state index contributed by atoms with van der Waals surface area (Å²) in [6, 6.07) is 1.81. The Labute approximate surface area is 172 Å². The molecule has 4 bridgehead atoms. The predicted octanol–water partition coefficient (Wildman–Crippen LogP) is 1.85. The summed E-state index contributed by atoms with van der Waals surface area (Å²) in [7, 11) is 0. The number of hydrogen-bond donors (Lipinski definition) is 1. The van der Waals surface area contributed by atoms with Crippen LogP contribution in [0.5, 0.6) is 0 Å². The summed E-state index contributed by atoms with van der Waals surface area (Å²) in [5.74, 6) is 3.36. The number of hydrogen-bond acceptors (Lipinski definition) is 5. The zero-order chi connectivity index (χ0) is 19.8. The van der Waals surface area contributed by atoms with Crippen molar-refractivity contribution in [1.82, 2.24) is 20.2 Å². The molecule has 2 amide bonds. The van der Waals surface area contributed by atoms with E-state index in [1.54, 1.807) is 18.5 Å². The number of amides is 2. The highest BCUT2D eigenvalue weighted by atomic mass is 16.2. The van der Waals surface area contributed by atoms with Crippen molar-refractivity contribution in [3.8, 4) is 0 Å². The zero-order valence-electron chi connectivity index (χ0n) is 17.1. The van der Waals surface area contributed by atoms with E-state index in [1.165, 1.54) is 19.3 Å². The van der Waals surface area contributed by atoms with Crippen LogP contribution in [0.25, 0.3) is 0 Å².